The molecule has 0 heterocycles. The van der Waals surface area contributed by atoms with Crippen molar-refractivity contribution in [3.63, 3.8) is 0 Å². The Morgan fingerprint density at radius 3 is 2.27 bits per heavy atom. The lowest BCUT2D eigenvalue weighted by molar-refractivity contribution is -0.117. The van der Waals surface area contributed by atoms with Gasteiger partial charge in [-0.1, -0.05) is 74.0 Å². The number of hydrogen-bond acceptors (Lipinski definition) is 3. The van der Waals surface area contributed by atoms with Crippen molar-refractivity contribution >= 4 is 11.5 Å². The van der Waals surface area contributed by atoms with Gasteiger partial charge in [-0.05, 0) is 31.2 Å². The predicted molar refractivity (Wildman–Crippen MR) is 89.4 cm³/mol. The summed E-state index contributed by atoms with van der Waals surface area (Å²) in [5.74, 6) is -0.000321. The highest BCUT2D eigenvalue weighted by molar-refractivity contribution is 6.40. The standard InChI is InChI=1S/C19H27NO2/c21-19-17(15-16-11-7-6-8-12-16)13-9-4-2-1-3-5-10-14-18(19)20-22/h6-8,11-12,17,22H,1-5,9-10,13-15H2. The molecule has 0 saturated heterocycles. The molecule has 120 valence electrons. The molecule has 1 aliphatic carbocycles. The van der Waals surface area contributed by atoms with E-state index in [1.807, 2.05) is 18.2 Å². The topological polar surface area (TPSA) is 49.7 Å². The van der Waals surface area contributed by atoms with Crippen molar-refractivity contribution in [2.75, 3.05) is 0 Å². The van der Waals surface area contributed by atoms with E-state index < -0.39 is 0 Å². The first-order chi connectivity index (χ1) is 10.8. The summed E-state index contributed by atoms with van der Waals surface area (Å²) in [6.07, 6.45) is 10.4. The molecule has 3 heteroatoms. The summed E-state index contributed by atoms with van der Waals surface area (Å²) in [4.78, 5) is 12.7. The van der Waals surface area contributed by atoms with Gasteiger partial charge in [0.2, 0.25) is 0 Å². The van der Waals surface area contributed by atoms with E-state index in [0.717, 1.165) is 32.1 Å². The highest BCUT2D eigenvalue weighted by atomic mass is 16.4. The molecular formula is C19H27NO2. The highest BCUT2D eigenvalue weighted by Gasteiger charge is 2.24. The van der Waals surface area contributed by atoms with Crippen LogP contribution in [0.4, 0.5) is 0 Å². The van der Waals surface area contributed by atoms with Crippen molar-refractivity contribution in [3.05, 3.63) is 35.9 Å². The largest absolute Gasteiger partial charge is 0.411 e. The number of rotatable bonds is 2. The van der Waals surface area contributed by atoms with Gasteiger partial charge in [0.1, 0.15) is 5.71 Å². The number of oxime groups is 1. The van der Waals surface area contributed by atoms with Gasteiger partial charge in [-0.3, -0.25) is 4.79 Å². The van der Waals surface area contributed by atoms with Gasteiger partial charge >= 0.3 is 0 Å². The number of ketones is 1. The summed E-state index contributed by atoms with van der Waals surface area (Å²) >= 11 is 0. The molecule has 3 nitrogen and oxygen atoms in total. The van der Waals surface area contributed by atoms with Crippen molar-refractivity contribution in [1.29, 1.82) is 0 Å². The van der Waals surface area contributed by atoms with Crippen molar-refractivity contribution < 1.29 is 10.0 Å². The van der Waals surface area contributed by atoms with E-state index in [-0.39, 0.29) is 11.7 Å². The Labute approximate surface area is 133 Å². The number of hydrogen-bond donors (Lipinski definition) is 1. The van der Waals surface area contributed by atoms with Crippen molar-refractivity contribution in [2.24, 2.45) is 11.1 Å². The van der Waals surface area contributed by atoms with Crippen molar-refractivity contribution in [3.8, 4) is 0 Å². The van der Waals surface area contributed by atoms with Crippen LogP contribution in [0.3, 0.4) is 0 Å². The van der Waals surface area contributed by atoms with E-state index in [1.54, 1.807) is 0 Å². The first kappa shape index (κ1) is 16.7. The van der Waals surface area contributed by atoms with E-state index in [0.29, 0.717) is 12.1 Å². The molecule has 1 aromatic carbocycles. The van der Waals surface area contributed by atoms with E-state index in [2.05, 4.69) is 17.3 Å². The lowest BCUT2D eigenvalue weighted by Crippen LogP contribution is -2.26. The number of Topliss-reactive ketones (excluding diaryl/α,β-unsaturated/α-hetero) is 1. The van der Waals surface area contributed by atoms with Crippen LogP contribution in [-0.4, -0.2) is 16.7 Å². The molecule has 1 atom stereocenters. The van der Waals surface area contributed by atoms with Crippen LogP contribution in [0.2, 0.25) is 0 Å². The predicted octanol–water partition coefficient (Wildman–Crippen LogP) is 4.77. The molecule has 1 aromatic rings. The molecule has 0 aromatic heterocycles. The molecule has 0 amide bonds. The third kappa shape index (κ3) is 5.28. The fourth-order valence-electron chi connectivity index (χ4n) is 3.25. The van der Waals surface area contributed by atoms with Crippen LogP contribution in [0.1, 0.15) is 63.4 Å². The molecule has 0 bridgehead atoms. The summed E-state index contributed by atoms with van der Waals surface area (Å²) in [7, 11) is 0. The smallest absolute Gasteiger partial charge is 0.183 e. The van der Waals surface area contributed by atoms with Gasteiger partial charge in [0.25, 0.3) is 0 Å². The zero-order valence-electron chi connectivity index (χ0n) is 13.3. The zero-order valence-corrected chi connectivity index (χ0v) is 13.3. The lowest BCUT2D eigenvalue weighted by atomic mass is 9.86. The minimum atomic E-state index is -0.0484. The molecule has 0 spiro atoms. The van der Waals surface area contributed by atoms with E-state index in [1.165, 1.54) is 31.2 Å². The Balaban J connectivity index is 2.08. The second kappa shape index (κ2) is 9.39. The van der Waals surface area contributed by atoms with Crippen LogP contribution in [0.15, 0.2) is 35.5 Å². The molecule has 1 fully saturated rings. The summed E-state index contributed by atoms with van der Waals surface area (Å²) < 4.78 is 0. The molecule has 22 heavy (non-hydrogen) atoms. The maximum absolute atomic E-state index is 12.7. The second-order valence-corrected chi connectivity index (χ2v) is 6.31. The fraction of sp³-hybridized carbons (Fsp3) is 0.579. The van der Waals surface area contributed by atoms with Crippen LogP contribution in [-0.2, 0) is 11.2 Å². The van der Waals surface area contributed by atoms with E-state index >= 15 is 0 Å². The van der Waals surface area contributed by atoms with Gasteiger partial charge in [-0.25, -0.2) is 0 Å². The third-order valence-corrected chi connectivity index (χ3v) is 4.57. The van der Waals surface area contributed by atoms with Crippen molar-refractivity contribution in [1.82, 2.24) is 0 Å². The Morgan fingerprint density at radius 2 is 1.59 bits per heavy atom. The quantitative estimate of drug-likeness (QED) is 0.632. The minimum absolute atomic E-state index is 0.0481. The van der Waals surface area contributed by atoms with Gasteiger partial charge in [0.05, 0.1) is 0 Å². The molecule has 0 aliphatic heterocycles. The minimum Gasteiger partial charge on any atom is -0.411 e. The van der Waals surface area contributed by atoms with Gasteiger partial charge in [0, 0.05) is 5.92 Å². The molecular weight excluding hydrogens is 274 g/mol. The fourth-order valence-corrected chi connectivity index (χ4v) is 3.25. The first-order valence-corrected chi connectivity index (χ1v) is 8.60. The number of carbonyl (C=O) groups is 1. The van der Waals surface area contributed by atoms with Gasteiger partial charge < -0.3 is 5.21 Å². The van der Waals surface area contributed by atoms with Crippen LogP contribution in [0, 0.1) is 5.92 Å². The third-order valence-electron chi connectivity index (χ3n) is 4.57. The first-order valence-electron chi connectivity index (χ1n) is 8.60. The van der Waals surface area contributed by atoms with Crippen molar-refractivity contribution in [2.45, 2.75) is 64.2 Å². The number of benzene rings is 1. The Kier molecular flexibility index (Phi) is 7.14. The number of nitrogens with zero attached hydrogens (tertiary/aromatic N) is 1. The SMILES string of the molecule is O=C1C(=NO)CCCCCCCCCC1Cc1ccccc1. The molecule has 2 rings (SSSR count). The maximum Gasteiger partial charge on any atom is 0.183 e. The van der Waals surface area contributed by atoms with Crippen LogP contribution in [0.5, 0.6) is 0 Å². The average Bonchev–Trinajstić information content (AvgIpc) is 2.55. The summed E-state index contributed by atoms with van der Waals surface area (Å²) in [6.45, 7) is 0. The normalized spacial score (nSPS) is 23.7. The molecule has 1 saturated carbocycles. The van der Waals surface area contributed by atoms with E-state index in [9.17, 15) is 10.0 Å². The van der Waals surface area contributed by atoms with Gasteiger partial charge in [-0.15, -0.1) is 0 Å². The zero-order chi connectivity index (χ0) is 15.6. The maximum atomic E-state index is 12.7. The molecule has 1 unspecified atom stereocenters. The molecule has 1 N–H and O–H groups in total. The monoisotopic (exact) mass is 301 g/mol. The van der Waals surface area contributed by atoms with Crippen LogP contribution < -0.4 is 0 Å². The molecule has 1 aliphatic rings. The average molecular weight is 301 g/mol. The number of carbonyl (C=O) groups excluding carboxylic acids is 1. The molecule has 0 radical (unpaired) electrons. The Bertz CT molecular complexity index is 481. The Morgan fingerprint density at radius 1 is 0.955 bits per heavy atom. The van der Waals surface area contributed by atoms with E-state index in [4.69, 9.17) is 0 Å². The van der Waals surface area contributed by atoms with Gasteiger partial charge in [-0.2, -0.15) is 0 Å². The van der Waals surface area contributed by atoms with Crippen LogP contribution >= 0.6 is 0 Å². The summed E-state index contributed by atoms with van der Waals surface area (Å²) in [5, 5.41) is 12.5. The Hall–Kier alpha value is -1.64. The highest BCUT2D eigenvalue weighted by Crippen LogP contribution is 2.21. The lowest BCUT2D eigenvalue weighted by Gasteiger charge is -2.17. The van der Waals surface area contributed by atoms with Crippen LogP contribution in [0.25, 0.3) is 0 Å². The summed E-state index contributed by atoms with van der Waals surface area (Å²) in [6, 6.07) is 10.2. The second-order valence-electron chi connectivity index (χ2n) is 6.31. The summed E-state index contributed by atoms with van der Waals surface area (Å²) in [5.41, 5.74) is 1.56. The van der Waals surface area contributed by atoms with Gasteiger partial charge in [0.15, 0.2) is 5.78 Å².